The van der Waals surface area contributed by atoms with Gasteiger partial charge in [0.25, 0.3) is 0 Å². The van der Waals surface area contributed by atoms with Crippen molar-refractivity contribution < 1.29 is 14.3 Å². The third kappa shape index (κ3) is 4.75. The third-order valence-corrected chi connectivity index (χ3v) is 5.23. The van der Waals surface area contributed by atoms with Gasteiger partial charge in [0, 0.05) is 17.9 Å². The van der Waals surface area contributed by atoms with Crippen molar-refractivity contribution in [3.8, 4) is 5.75 Å². The molecule has 0 unspecified atom stereocenters. The maximum absolute atomic E-state index is 13.1. The van der Waals surface area contributed by atoms with E-state index in [2.05, 4.69) is 24.5 Å². The molecule has 160 valence electrons. The molecule has 0 saturated heterocycles. The number of carbonyl (C=O) groups excluding carboxylic acids is 2. The summed E-state index contributed by atoms with van der Waals surface area (Å²) in [6.45, 7) is 12.9. The molecule has 0 aromatic heterocycles. The van der Waals surface area contributed by atoms with E-state index in [1.54, 1.807) is 17.0 Å². The minimum absolute atomic E-state index is 0.0201. The number of amides is 3. The number of anilines is 3. The average Bonchev–Trinajstić information content (AvgIpc) is 2.75. The highest BCUT2D eigenvalue weighted by Gasteiger charge is 2.38. The lowest BCUT2D eigenvalue weighted by Gasteiger charge is -2.29. The smallest absolute Gasteiger partial charge is 0.323 e. The highest BCUT2D eigenvalue weighted by Crippen LogP contribution is 2.38. The number of hydrogen-bond donors (Lipinski definition) is 2. The first-order valence-electron chi connectivity index (χ1n) is 10.3. The van der Waals surface area contributed by atoms with Gasteiger partial charge in [-0.25, -0.2) is 4.79 Å². The summed E-state index contributed by atoms with van der Waals surface area (Å²) in [4.78, 5) is 27.4. The normalized spacial score (nSPS) is 15.3. The molecular weight excluding hydrogens is 378 g/mol. The van der Waals surface area contributed by atoms with Crippen LogP contribution in [-0.2, 0) is 4.79 Å². The molecule has 1 aliphatic heterocycles. The number of hydrogen-bond acceptors (Lipinski definition) is 3. The topological polar surface area (TPSA) is 70.7 Å². The molecule has 1 heterocycles. The quantitative estimate of drug-likeness (QED) is 0.715. The van der Waals surface area contributed by atoms with Crippen molar-refractivity contribution in [3.05, 3.63) is 47.5 Å². The fourth-order valence-electron chi connectivity index (χ4n) is 3.38. The van der Waals surface area contributed by atoms with Crippen LogP contribution < -0.4 is 20.3 Å². The zero-order valence-corrected chi connectivity index (χ0v) is 18.6. The molecule has 0 spiro atoms. The number of carbonyl (C=O) groups is 2. The Morgan fingerprint density at radius 1 is 1.07 bits per heavy atom. The van der Waals surface area contributed by atoms with Gasteiger partial charge in [0.2, 0.25) is 5.91 Å². The largest absolute Gasteiger partial charge is 0.490 e. The van der Waals surface area contributed by atoms with E-state index in [0.29, 0.717) is 36.2 Å². The van der Waals surface area contributed by atoms with Crippen molar-refractivity contribution in [1.29, 1.82) is 0 Å². The lowest BCUT2D eigenvalue weighted by atomic mass is 9.92. The van der Waals surface area contributed by atoms with Gasteiger partial charge in [-0.1, -0.05) is 19.9 Å². The molecular formula is C24H31N3O3. The van der Waals surface area contributed by atoms with Crippen molar-refractivity contribution in [3.63, 3.8) is 0 Å². The molecule has 30 heavy (non-hydrogen) atoms. The van der Waals surface area contributed by atoms with Gasteiger partial charge in [-0.3, -0.25) is 4.79 Å². The van der Waals surface area contributed by atoms with Crippen LogP contribution in [0, 0.1) is 25.2 Å². The number of fused-ring (bicyclic) bond motifs is 1. The van der Waals surface area contributed by atoms with Crippen molar-refractivity contribution in [1.82, 2.24) is 0 Å². The summed E-state index contributed by atoms with van der Waals surface area (Å²) in [7, 11) is 0. The molecule has 2 aromatic rings. The zero-order chi connectivity index (χ0) is 22.1. The van der Waals surface area contributed by atoms with Crippen LogP contribution in [0.1, 0.15) is 38.8 Å². The molecule has 0 fully saturated rings. The van der Waals surface area contributed by atoms with E-state index < -0.39 is 5.41 Å². The second-order valence-electron chi connectivity index (χ2n) is 9.04. The Kier molecular flexibility index (Phi) is 6.06. The van der Waals surface area contributed by atoms with Crippen LogP contribution in [0.15, 0.2) is 36.4 Å². The van der Waals surface area contributed by atoms with E-state index in [1.165, 1.54) is 5.56 Å². The SMILES string of the molecule is Cc1ccc(NC(=O)Nc2ccc3c(c2)N(CC(C)C)C(=O)C(C)(C)CO3)cc1C. The fraction of sp³-hybridized carbons (Fsp3) is 0.417. The summed E-state index contributed by atoms with van der Waals surface area (Å²) in [5.74, 6) is 0.960. The Labute approximate surface area is 178 Å². The molecule has 0 aliphatic carbocycles. The van der Waals surface area contributed by atoms with Gasteiger partial charge in [-0.15, -0.1) is 0 Å². The zero-order valence-electron chi connectivity index (χ0n) is 18.6. The minimum atomic E-state index is -0.623. The van der Waals surface area contributed by atoms with Gasteiger partial charge in [-0.2, -0.15) is 0 Å². The Hall–Kier alpha value is -3.02. The molecule has 3 rings (SSSR count). The van der Waals surface area contributed by atoms with Gasteiger partial charge in [0.15, 0.2) is 0 Å². The van der Waals surface area contributed by atoms with E-state index >= 15 is 0 Å². The maximum atomic E-state index is 13.1. The molecule has 0 bridgehead atoms. The Morgan fingerprint density at radius 2 is 1.70 bits per heavy atom. The summed E-state index contributed by atoms with van der Waals surface area (Å²) >= 11 is 0. The number of aryl methyl sites for hydroxylation is 2. The second-order valence-corrected chi connectivity index (χ2v) is 9.04. The van der Waals surface area contributed by atoms with Crippen LogP contribution in [0.3, 0.4) is 0 Å². The van der Waals surface area contributed by atoms with Crippen LogP contribution in [0.2, 0.25) is 0 Å². The molecule has 6 nitrogen and oxygen atoms in total. The van der Waals surface area contributed by atoms with E-state index in [0.717, 1.165) is 11.3 Å². The lowest BCUT2D eigenvalue weighted by molar-refractivity contribution is -0.127. The second kappa shape index (κ2) is 8.38. The standard InChI is InChI=1S/C24H31N3O3/c1-15(2)13-27-20-12-19(9-10-21(20)30-14-24(5,6)22(27)28)26-23(29)25-18-8-7-16(3)17(4)11-18/h7-12,15H,13-14H2,1-6H3,(H2,25,26,29). The number of nitrogens with zero attached hydrogens (tertiary/aromatic N) is 1. The molecule has 0 radical (unpaired) electrons. The Bertz CT molecular complexity index is 966. The minimum Gasteiger partial charge on any atom is -0.490 e. The maximum Gasteiger partial charge on any atom is 0.323 e. The van der Waals surface area contributed by atoms with Crippen LogP contribution in [-0.4, -0.2) is 25.1 Å². The van der Waals surface area contributed by atoms with E-state index in [-0.39, 0.29) is 11.9 Å². The fourth-order valence-corrected chi connectivity index (χ4v) is 3.38. The molecule has 3 amide bonds. The van der Waals surface area contributed by atoms with Crippen LogP contribution in [0.5, 0.6) is 5.75 Å². The first-order valence-corrected chi connectivity index (χ1v) is 10.3. The Morgan fingerprint density at radius 3 is 2.33 bits per heavy atom. The highest BCUT2D eigenvalue weighted by molar-refractivity contribution is 6.02. The molecule has 6 heteroatoms. The van der Waals surface area contributed by atoms with E-state index in [1.807, 2.05) is 52.0 Å². The van der Waals surface area contributed by atoms with Gasteiger partial charge in [-0.05, 0) is 75.1 Å². The molecule has 0 atom stereocenters. The number of rotatable bonds is 4. The summed E-state index contributed by atoms with van der Waals surface area (Å²) in [5, 5.41) is 5.72. The summed E-state index contributed by atoms with van der Waals surface area (Å²) in [6.07, 6.45) is 0. The summed E-state index contributed by atoms with van der Waals surface area (Å²) < 4.78 is 5.94. The van der Waals surface area contributed by atoms with Gasteiger partial charge < -0.3 is 20.3 Å². The van der Waals surface area contributed by atoms with E-state index in [9.17, 15) is 9.59 Å². The van der Waals surface area contributed by atoms with Crippen molar-refractivity contribution in [2.24, 2.45) is 11.3 Å². The van der Waals surface area contributed by atoms with Gasteiger partial charge >= 0.3 is 6.03 Å². The van der Waals surface area contributed by atoms with Crippen molar-refractivity contribution in [2.75, 3.05) is 28.7 Å². The molecule has 2 aromatic carbocycles. The molecule has 1 aliphatic rings. The lowest BCUT2D eigenvalue weighted by Crippen LogP contribution is -2.43. The average molecular weight is 410 g/mol. The van der Waals surface area contributed by atoms with Gasteiger partial charge in [0.05, 0.1) is 11.1 Å². The Balaban J connectivity index is 1.84. The number of ether oxygens (including phenoxy) is 1. The highest BCUT2D eigenvalue weighted by atomic mass is 16.5. The van der Waals surface area contributed by atoms with Crippen molar-refractivity contribution >= 4 is 29.0 Å². The number of benzene rings is 2. The first kappa shape index (κ1) is 21.7. The number of urea groups is 1. The van der Waals surface area contributed by atoms with Crippen LogP contribution in [0.4, 0.5) is 21.9 Å². The van der Waals surface area contributed by atoms with E-state index in [4.69, 9.17) is 4.74 Å². The summed E-state index contributed by atoms with van der Waals surface area (Å²) in [6, 6.07) is 10.8. The first-order chi connectivity index (χ1) is 14.1. The molecule has 0 saturated carbocycles. The monoisotopic (exact) mass is 409 g/mol. The molecule has 2 N–H and O–H groups in total. The van der Waals surface area contributed by atoms with Crippen molar-refractivity contribution in [2.45, 2.75) is 41.5 Å². The van der Waals surface area contributed by atoms with Gasteiger partial charge in [0.1, 0.15) is 12.4 Å². The number of nitrogens with one attached hydrogen (secondary N) is 2. The predicted molar refractivity (Wildman–Crippen MR) is 121 cm³/mol. The summed E-state index contributed by atoms with van der Waals surface area (Å²) in [5.41, 5.74) is 3.67. The van der Waals surface area contributed by atoms with Crippen LogP contribution >= 0.6 is 0 Å². The predicted octanol–water partition coefficient (Wildman–Crippen LogP) is 5.36. The van der Waals surface area contributed by atoms with Crippen LogP contribution in [0.25, 0.3) is 0 Å². The third-order valence-electron chi connectivity index (χ3n) is 5.23.